The third-order valence-electron chi connectivity index (χ3n) is 8.40. The molecule has 1 aromatic rings. The van der Waals surface area contributed by atoms with Gasteiger partial charge in [-0.2, -0.15) is 0 Å². The van der Waals surface area contributed by atoms with Crippen LogP contribution in [0.15, 0.2) is 29.8 Å². The molecule has 0 aromatic heterocycles. The van der Waals surface area contributed by atoms with E-state index >= 15 is 0 Å². The van der Waals surface area contributed by atoms with Crippen LogP contribution in [0.3, 0.4) is 0 Å². The molecule has 10 nitrogen and oxygen atoms in total. The van der Waals surface area contributed by atoms with Crippen LogP contribution in [-0.2, 0) is 20.8 Å². The molecule has 1 aromatic carbocycles. The smallest absolute Gasteiger partial charge is 0.271 e. The number of nitro benzene ring substituents is 1. The van der Waals surface area contributed by atoms with E-state index in [1.165, 1.54) is 12.1 Å². The summed E-state index contributed by atoms with van der Waals surface area (Å²) in [6.45, 7) is 15.1. The van der Waals surface area contributed by atoms with Gasteiger partial charge in [-0.25, -0.2) is 0 Å². The van der Waals surface area contributed by atoms with E-state index in [-0.39, 0.29) is 47.3 Å². The molecule has 2 heterocycles. The van der Waals surface area contributed by atoms with E-state index in [4.69, 9.17) is 0 Å². The van der Waals surface area contributed by atoms with Crippen LogP contribution in [0.5, 0.6) is 0 Å². The molecule has 0 spiro atoms. The molecule has 2 aliphatic heterocycles. The van der Waals surface area contributed by atoms with Crippen molar-refractivity contribution in [2.24, 2.45) is 11.8 Å². The minimum Gasteiger partial charge on any atom is -0.343 e. The zero-order valence-corrected chi connectivity index (χ0v) is 25.8. The lowest BCUT2D eigenvalue weighted by molar-refractivity contribution is -0.384. The summed E-state index contributed by atoms with van der Waals surface area (Å²) in [7, 11) is 1.72. The summed E-state index contributed by atoms with van der Waals surface area (Å²) in [4.78, 5) is 57.0. The Morgan fingerprint density at radius 1 is 1.07 bits per heavy atom. The zero-order chi connectivity index (χ0) is 30.6. The van der Waals surface area contributed by atoms with E-state index in [9.17, 15) is 24.5 Å². The summed E-state index contributed by atoms with van der Waals surface area (Å²) in [5.41, 5.74) is 1.86. The van der Waals surface area contributed by atoms with Gasteiger partial charge < -0.3 is 15.1 Å². The van der Waals surface area contributed by atoms with Crippen LogP contribution in [0, 0.1) is 22.0 Å². The molecule has 10 heteroatoms. The number of likely N-dealkylation sites (tertiary alicyclic amines) is 1. The van der Waals surface area contributed by atoms with Crippen LogP contribution in [0.25, 0.3) is 0 Å². The molecule has 3 atom stereocenters. The SMILES string of the molecule is C/C(=C\[C@H](C(C)C)N(C)C(=O)[C@@H](NC(=O)C1CCCCN1C(C)C)C(C)C)C(=O)N1CCc2ccc([N+](=O)[O-])cc21. The lowest BCUT2D eigenvalue weighted by Crippen LogP contribution is -2.58. The molecule has 1 saturated heterocycles. The van der Waals surface area contributed by atoms with Gasteiger partial charge in [0.2, 0.25) is 11.8 Å². The molecule has 226 valence electrons. The first kappa shape index (κ1) is 32.2. The summed E-state index contributed by atoms with van der Waals surface area (Å²) in [5, 5.41) is 14.4. The number of nitro groups is 1. The Hall–Kier alpha value is -3.27. The predicted octanol–water partition coefficient (Wildman–Crippen LogP) is 4.32. The Kier molecular flexibility index (Phi) is 10.7. The molecular formula is C31H47N5O5. The van der Waals surface area contributed by atoms with Crippen LogP contribution in [0.4, 0.5) is 11.4 Å². The molecule has 41 heavy (non-hydrogen) atoms. The van der Waals surface area contributed by atoms with Gasteiger partial charge in [0.1, 0.15) is 6.04 Å². The van der Waals surface area contributed by atoms with Crippen molar-refractivity contribution in [1.82, 2.24) is 15.1 Å². The summed E-state index contributed by atoms with van der Waals surface area (Å²) in [6.07, 6.45) is 5.27. The minimum atomic E-state index is -0.694. The van der Waals surface area contributed by atoms with E-state index in [2.05, 4.69) is 24.1 Å². The quantitative estimate of drug-likeness (QED) is 0.255. The highest BCUT2D eigenvalue weighted by Crippen LogP contribution is 2.33. The van der Waals surface area contributed by atoms with Crippen molar-refractivity contribution in [2.45, 2.75) is 98.3 Å². The second kappa shape index (κ2) is 13.6. The zero-order valence-electron chi connectivity index (χ0n) is 25.8. The Labute approximate surface area is 244 Å². The normalized spacial score (nSPS) is 19.3. The Morgan fingerprint density at radius 3 is 2.34 bits per heavy atom. The van der Waals surface area contributed by atoms with E-state index in [0.717, 1.165) is 31.4 Å². The number of anilines is 1. The fourth-order valence-corrected chi connectivity index (χ4v) is 5.97. The molecule has 0 radical (unpaired) electrons. The highest BCUT2D eigenvalue weighted by molar-refractivity contribution is 6.06. The van der Waals surface area contributed by atoms with Crippen LogP contribution in [-0.4, -0.2) is 76.7 Å². The molecule has 1 unspecified atom stereocenters. The first-order chi connectivity index (χ1) is 19.2. The largest absolute Gasteiger partial charge is 0.343 e. The number of benzene rings is 1. The molecule has 0 bridgehead atoms. The number of hydrogen-bond donors (Lipinski definition) is 1. The standard InChI is InChI=1S/C31H47N5O5/c1-19(2)26(17-22(7)30(38)35-16-14-23-12-13-24(36(40)41)18-27(23)35)33(8)31(39)28(20(3)4)32-29(37)25-11-9-10-15-34(25)21(5)6/h12-13,17-21,25-26,28H,9-11,14-16H2,1-8H3,(H,32,37)/b22-17+/t25?,26-,28+/m1/s1. The van der Waals surface area contributed by atoms with Gasteiger partial charge in [-0.1, -0.05) is 46.3 Å². The molecule has 2 aliphatic rings. The maximum Gasteiger partial charge on any atom is 0.271 e. The lowest BCUT2D eigenvalue weighted by Gasteiger charge is -2.39. The lowest BCUT2D eigenvalue weighted by atomic mass is 9.95. The number of non-ortho nitro benzene ring substituents is 1. The van der Waals surface area contributed by atoms with Crippen LogP contribution >= 0.6 is 0 Å². The average Bonchev–Trinajstić information content (AvgIpc) is 3.36. The highest BCUT2D eigenvalue weighted by atomic mass is 16.6. The number of piperidine rings is 1. The van der Waals surface area contributed by atoms with Gasteiger partial charge in [-0.05, 0) is 64.0 Å². The van der Waals surface area contributed by atoms with E-state index in [1.54, 1.807) is 35.9 Å². The van der Waals surface area contributed by atoms with Crippen molar-refractivity contribution in [3.05, 3.63) is 45.5 Å². The number of nitrogens with zero attached hydrogens (tertiary/aromatic N) is 4. The third kappa shape index (κ3) is 7.33. The van der Waals surface area contributed by atoms with Gasteiger partial charge in [0, 0.05) is 37.3 Å². The van der Waals surface area contributed by atoms with Crippen molar-refractivity contribution in [1.29, 1.82) is 0 Å². The van der Waals surface area contributed by atoms with Crippen molar-refractivity contribution < 1.29 is 19.3 Å². The van der Waals surface area contributed by atoms with Crippen molar-refractivity contribution in [2.75, 3.05) is 25.0 Å². The number of carbonyl (C=O) groups is 3. The second-order valence-electron chi connectivity index (χ2n) is 12.4. The summed E-state index contributed by atoms with van der Waals surface area (Å²) < 4.78 is 0. The Morgan fingerprint density at radius 2 is 1.76 bits per heavy atom. The van der Waals surface area contributed by atoms with E-state index in [1.807, 2.05) is 27.7 Å². The van der Waals surface area contributed by atoms with E-state index in [0.29, 0.717) is 24.2 Å². The number of carbonyl (C=O) groups excluding carboxylic acids is 3. The minimum absolute atomic E-state index is 0.00283. The van der Waals surface area contributed by atoms with Crippen LogP contribution in [0.1, 0.15) is 73.3 Å². The number of nitrogens with one attached hydrogen (secondary N) is 1. The Bertz CT molecular complexity index is 1180. The van der Waals surface area contributed by atoms with Crippen LogP contribution < -0.4 is 10.2 Å². The molecule has 0 aliphatic carbocycles. The Balaban J connectivity index is 1.80. The third-order valence-corrected chi connectivity index (χ3v) is 8.40. The molecule has 3 amide bonds. The summed E-state index contributed by atoms with van der Waals surface area (Å²) in [5.74, 6) is -0.671. The molecule has 1 fully saturated rings. The first-order valence-electron chi connectivity index (χ1n) is 14.8. The van der Waals surface area contributed by atoms with Gasteiger partial charge in [0.05, 0.1) is 22.7 Å². The van der Waals surface area contributed by atoms with Gasteiger partial charge in [0.25, 0.3) is 11.6 Å². The fraction of sp³-hybridized carbons (Fsp3) is 0.645. The summed E-state index contributed by atoms with van der Waals surface area (Å²) in [6, 6.07) is 3.53. The maximum atomic E-state index is 13.8. The summed E-state index contributed by atoms with van der Waals surface area (Å²) >= 11 is 0. The number of fused-ring (bicyclic) bond motifs is 1. The second-order valence-corrected chi connectivity index (χ2v) is 12.4. The first-order valence-corrected chi connectivity index (χ1v) is 14.8. The topological polar surface area (TPSA) is 116 Å². The maximum absolute atomic E-state index is 13.8. The highest BCUT2D eigenvalue weighted by Gasteiger charge is 2.36. The van der Waals surface area contributed by atoms with Crippen LogP contribution in [0.2, 0.25) is 0 Å². The number of likely N-dealkylation sites (N-methyl/N-ethyl adjacent to an activating group) is 1. The average molecular weight is 570 g/mol. The van der Waals surface area contributed by atoms with Crippen molar-refractivity contribution in [3.63, 3.8) is 0 Å². The van der Waals surface area contributed by atoms with Gasteiger partial charge in [-0.3, -0.25) is 29.4 Å². The monoisotopic (exact) mass is 569 g/mol. The predicted molar refractivity (Wildman–Crippen MR) is 161 cm³/mol. The van der Waals surface area contributed by atoms with Crippen molar-refractivity contribution >= 4 is 29.1 Å². The number of rotatable bonds is 10. The van der Waals surface area contributed by atoms with Crippen molar-refractivity contribution in [3.8, 4) is 0 Å². The van der Waals surface area contributed by atoms with E-state index < -0.39 is 17.0 Å². The molecule has 0 saturated carbocycles. The van der Waals surface area contributed by atoms with Gasteiger partial charge >= 0.3 is 0 Å². The van der Waals surface area contributed by atoms with Gasteiger partial charge in [-0.15, -0.1) is 0 Å². The number of hydrogen-bond acceptors (Lipinski definition) is 6. The fourth-order valence-electron chi connectivity index (χ4n) is 5.97. The van der Waals surface area contributed by atoms with Gasteiger partial charge in [0.15, 0.2) is 0 Å². The molecule has 1 N–H and O–H groups in total. The molecular weight excluding hydrogens is 522 g/mol. The molecule has 3 rings (SSSR count). The number of amides is 3.